The van der Waals surface area contributed by atoms with E-state index in [9.17, 15) is 14.7 Å². The summed E-state index contributed by atoms with van der Waals surface area (Å²) < 4.78 is 10.6. The zero-order valence-corrected chi connectivity index (χ0v) is 19.3. The van der Waals surface area contributed by atoms with E-state index in [0.717, 1.165) is 25.2 Å². The van der Waals surface area contributed by atoms with Crippen LogP contribution in [0.2, 0.25) is 5.02 Å². The molecular formula is C25H27ClN2O5. The monoisotopic (exact) mass is 470 g/mol. The van der Waals surface area contributed by atoms with E-state index in [-0.39, 0.29) is 11.3 Å². The first-order valence-electron chi connectivity index (χ1n) is 11.0. The predicted molar refractivity (Wildman–Crippen MR) is 125 cm³/mol. The van der Waals surface area contributed by atoms with Gasteiger partial charge in [0.2, 0.25) is 0 Å². The molecule has 0 radical (unpaired) electrons. The van der Waals surface area contributed by atoms with Crippen LogP contribution in [0.4, 0.5) is 0 Å². The van der Waals surface area contributed by atoms with Gasteiger partial charge in [0.15, 0.2) is 0 Å². The molecule has 7 nitrogen and oxygen atoms in total. The van der Waals surface area contributed by atoms with Crippen LogP contribution in [0.1, 0.15) is 23.6 Å². The number of Topliss-reactive ketones (excluding diaryl/α,β-unsaturated/α-hetero) is 1. The molecule has 33 heavy (non-hydrogen) atoms. The molecule has 174 valence electrons. The molecule has 0 spiro atoms. The molecule has 0 aromatic heterocycles. The summed E-state index contributed by atoms with van der Waals surface area (Å²) in [7, 11) is 1.58. The molecule has 2 heterocycles. The van der Waals surface area contributed by atoms with Crippen LogP contribution in [0.15, 0.2) is 54.1 Å². The average molecular weight is 471 g/mol. The van der Waals surface area contributed by atoms with Crippen LogP contribution in [0.5, 0.6) is 5.75 Å². The number of hydrogen-bond donors (Lipinski definition) is 1. The van der Waals surface area contributed by atoms with Gasteiger partial charge in [0.25, 0.3) is 11.7 Å². The first kappa shape index (κ1) is 23.3. The Morgan fingerprint density at radius 3 is 2.36 bits per heavy atom. The summed E-state index contributed by atoms with van der Waals surface area (Å²) in [5, 5.41) is 11.6. The van der Waals surface area contributed by atoms with Crippen molar-refractivity contribution in [1.29, 1.82) is 0 Å². The van der Waals surface area contributed by atoms with Crippen molar-refractivity contribution in [2.24, 2.45) is 0 Å². The Balaban J connectivity index is 1.66. The van der Waals surface area contributed by atoms with E-state index in [4.69, 9.17) is 21.1 Å². The molecule has 2 aromatic carbocycles. The van der Waals surface area contributed by atoms with Crippen LogP contribution in [-0.4, -0.2) is 73.1 Å². The molecule has 1 unspecified atom stereocenters. The molecule has 0 saturated carbocycles. The van der Waals surface area contributed by atoms with Crippen LogP contribution in [0.3, 0.4) is 0 Å². The van der Waals surface area contributed by atoms with Crippen molar-refractivity contribution in [3.05, 3.63) is 70.3 Å². The molecule has 2 aromatic rings. The van der Waals surface area contributed by atoms with E-state index in [1.807, 2.05) is 12.1 Å². The molecule has 4 rings (SSSR count). The van der Waals surface area contributed by atoms with Gasteiger partial charge in [-0.25, -0.2) is 0 Å². The third-order valence-corrected chi connectivity index (χ3v) is 6.32. The third-order valence-electron chi connectivity index (χ3n) is 6.07. The number of aliphatic hydroxyl groups is 1. The molecule has 1 N–H and O–H groups in total. The number of amides is 1. The van der Waals surface area contributed by atoms with E-state index >= 15 is 0 Å². The van der Waals surface area contributed by atoms with Gasteiger partial charge < -0.3 is 19.5 Å². The second-order valence-corrected chi connectivity index (χ2v) is 8.52. The lowest BCUT2D eigenvalue weighted by atomic mass is 9.95. The van der Waals surface area contributed by atoms with E-state index in [2.05, 4.69) is 4.90 Å². The van der Waals surface area contributed by atoms with Gasteiger partial charge in [0, 0.05) is 36.8 Å². The normalized spacial score (nSPS) is 20.9. The van der Waals surface area contributed by atoms with Crippen LogP contribution < -0.4 is 4.74 Å². The van der Waals surface area contributed by atoms with Gasteiger partial charge in [-0.3, -0.25) is 14.5 Å². The maximum Gasteiger partial charge on any atom is 0.295 e. The predicted octanol–water partition coefficient (Wildman–Crippen LogP) is 3.49. The molecule has 1 atom stereocenters. The van der Waals surface area contributed by atoms with Crippen molar-refractivity contribution in [1.82, 2.24) is 9.80 Å². The Kier molecular flexibility index (Phi) is 7.33. The standard InChI is InChI=1S/C25H27ClN2O5/c1-32-20-9-5-17(6-10-20)22-21(23(29)18-3-7-19(26)8-4-18)24(30)25(31)28(22)12-2-11-27-13-15-33-16-14-27/h3-10,22,29H,2,11-16H2,1H3/b23-21-. The molecule has 2 aliphatic rings. The summed E-state index contributed by atoms with van der Waals surface area (Å²) in [5.41, 5.74) is 1.25. The van der Waals surface area contributed by atoms with Crippen molar-refractivity contribution in [3.8, 4) is 5.75 Å². The fourth-order valence-corrected chi connectivity index (χ4v) is 4.42. The van der Waals surface area contributed by atoms with E-state index in [0.29, 0.717) is 42.5 Å². The van der Waals surface area contributed by atoms with Gasteiger partial charge in [-0.1, -0.05) is 23.7 Å². The van der Waals surface area contributed by atoms with Gasteiger partial charge >= 0.3 is 0 Å². The van der Waals surface area contributed by atoms with Crippen LogP contribution in [0.25, 0.3) is 5.76 Å². The van der Waals surface area contributed by atoms with Crippen LogP contribution in [0, 0.1) is 0 Å². The number of carbonyl (C=O) groups is 2. The Bertz CT molecular complexity index is 1030. The van der Waals surface area contributed by atoms with E-state index < -0.39 is 17.7 Å². The fourth-order valence-electron chi connectivity index (χ4n) is 4.30. The highest BCUT2D eigenvalue weighted by Crippen LogP contribution is 2.40. The number of likely N-dealkylation sites (tertiary alicyclic amines) is 1. The highest BCUT2D eigenvalue weighted by atomic mass is 35.5. The van der Waals surface area contributed by atoms with Crippen LogP contribution in [-0.2, 0) is 14.3 Å². The van der Waals surface area contributed by atoms with Crippen molar-refractivity contribution < 1.29 is 24.2 Å². The van der Waals surface area contributed by atoms with Gasteiger partial charge in [-0.05, 0) is 48.4 Å². The summed E-state index contributed by atoms with van der Waals surface area (Å²) in [6.07, 6.45) is 0.709. The Labute approximate surface area is 198 Å². The number of nitrogens with zero attached hydrogens (tertiary/aromatic N) is 2. The number of benzene rings is 2. The second-order valence-electron chi connectivity index (χ2n) is 8.08. The zero-order chi connectivity index (χ0) is 23.4. The molecule has 2 saturated heterocycles. The second kappa shape index (κ2) is 10.4. The lowest BCUT2D eigenvalue weighted by Gasteiger charge is -2.29. The molecule has 0 aliphatic carbocycles. The Hall–Kier alpha value is -2.87. The minimum Gasteiger partial charge on any atom is -0.507 e. The van der Waals surface area contributed by atoms with Crippen molar-refractivity contribution in [3.63, 3.8) is 0 Å². The maximum absolute atomic E-state index is 13.1. The summed E-state index contributed by atoms with van der Waals surface area (Å²) >= 11 is 5.97. The number of rotatable bonds is 7. The lowest BCUT2D eigenvalue weighted by Crippen LogP contribution is -2.38. The summed E-state index contributed by atoms with van der Waals surface area (Å²) in [6.45, 7) is 4.33. The first-order chi connectivity index (χ1) is 16.0. The van der Waals surface area contributed by atoms with Gasteiger partial charge in [0.1, 0.15) is 11.5 Å². The SMILES string of the molecule is COc1ccc(C2/C(=C(/O)c3ccc(Cl)cc3)C(=O)C(=O)N2CCCN2CCOCC2)cc1. The molecule has 2 aliphatic heterocycles. The number of aliphatic hydroxyl groups excluding tert-OH is 1. The summed E-state index contributed by atoms with van der Waals surface area (Å²) in [4.78, 5) is 30.0. The minimum atomic E-state index is -0.686. The average Bonchev–Trinajstić information content (AvgIpc) is 3.10. The lowest BCUT2D eigenvalue weighted by molar-refractivity contribution is -0.140. The number of ketones is 1. The number of halogens is 1. The highest BCUT2D eigenvalue weighted by Gasteiger charge is 2.45. The number of ether oxygens (including phenoxy) is 2. The Morgan fingerprint density at radius 2 is 1.73 bits per heavy atom. The van der Waals surface area contributed by atoms with Crippen molar-refractivity contribution >= 4 is 29.1 Å². The van der Waals surface area contributed by atoms with Crippen molar-refractivity contribution in [2.45, 2.75) is 12.5 Å². The summed E-state index contributed by atoms with van der Waals surface area (Å²) in [6, 6.07) is 13.1. The largest absolute Gasteiger partial charge is 0.507 e. The quantitative estimate of drug-likeness (QED) is 0.379. The fraction of sp³-hybridized carbons (Fsp3) is 0.360. The third kappa shape index (κ3) is 5.05. The topological polar surface area (TPSA) is 79.3 Å². The maximum atomic E-state index is 13.1. The number of morpholine rings is 1. The molecule has 1 amide bonds. The number of hydrogen-bond acceptors (Lipinski definition) is 6. The van der Waals surface area contributed by atoms with Gasteiger partial charge in [0.05, 0.1) is 31.9 Å². The molecule has 8 heteroatoms. The molecule has 0 bridgehead atoms. The van der Waals surface area contributed by atoms with Gasteiger partial charge in [-0.15, -0.1) is 0 Å². The van der Waals surface area contributed by atoms with Crippen molar-refractivity contribution in [2.75, 3.05) is 46.5 Å². The number of carbonyl (C=O) groups excluding carboxylic acids is 2. The summed E-state index contributed by atoms with van der Waals surface area (Å²) in [5.74, 6) is -0.829. The van der Waals surface area contributed by atoms with E-state index in [1.54, 1.807) is 48.4 Å². The minimum absolute atomic E-state index is 0.0823. The highest BCUT2D eigenvalue weighted by molar-refractivity contribution is 6.46. The molecular weight excluding hydrogens is 444 g/mol. The van der Waals surface area contributed by atoms with Crippen LogP contribution >= 0.6 is 11.6 Å². The zero-order valence-electron chi connectivity index (χ0n) is 18.5. The van der Waals surface area contributed by atoms with Gasteiger partial charge in [-0.2, -0.15) is 0 Å². The number of methoxy groups -OCH3 is 1. The molecule has 2 fully saturated rings. The first-order valence-corrected chi connectivity index (χ1v) is 11.4. The Morgan fingerprint density at radius 1 is 1.06 bits per heavy atom. The van der Waals surface area contributed by atoms with E-state index in [1.165, 1.54) is 0 Å². The smallest absolute Gasteiger partial charge is 0.295 e.